The lowest BCUT2D eigenvalue weighted by Crippen LogP contribution is -2.53. The Bertz CT molecular complexity index is 730. The van der Waals surface area contributed by atoms with Crippen LogP contribution in [0.1, 0.15) is 38.5 Å². The number of urea groups is 1. The van der Waals surface area contributed by atoms with Crippen LogP contribution in [0.25, 0.3) is 0 Å². The molecule has 1 heterocycles. The molecule has 0 radical (unpaired) electrons. The molecule has 1 saturated heterocycles. The van der Waals surface area contributed by atoms with E-state index in [0.717, 1.165) is 62.7 Å². The smallest absolute Gasteiger partial charge is 0.320 e. The summed E-state index contributed by atoms with van der Waals surface area (Å²) in [5, 5.41) is 0. The van der Waals surface area contributed by atoms with Gasteiger partial charge in [0.25, 0.3) is 0 Å². The van der Waals surface area contributed by atoms with Crippen LogP contribution in [0.15, 0.2) is 0 Å². The third kappa shape index (κ3) is 13.3. The fourth-order valence-corrected chi connectivity index (χ4v) is 7.95. The maximum absolute atomic E-state index is 14.6. The molecule has 2 amide bonds. The third-order valence-electron chi connectivity index (χ3n) is 8.59. The highest BCUT2D eigenvalue weighted by molar-refractivity contribution is 7.98. The summed E-state index contributed by atoms with van der Waals surface area (Å²) < 4.78 is 25.7. The average Bonchev–Trinajstić information content (AvgIpc) is 3.83. The first-order valence-corrected chi connectivity index (χ1v) is 26.6. The maximum Gasteiger partial charge on any atom is 0.320 e. The van der Waals surface area contributed by atoms with Crippen molar-refractivity contribution < 1.29 is 23.7 Å². The third-order valence-corrected chi connectivity index (χ3v) is 13.3. The molecule has 11 heteroatoms. The molecule has 246 valence electrons. The molecule has 2 aliphatic carbocycles. The molecule has 0 aromatic rings. The van der Waals surface area contributed by atoms with Gasteiger partial charge in [0.2, 0.25) is 0 Å². The van der Waals surface area contributed by atoms with Gasteiger partial charge in [-0.3, -0.25) is 0 Å². The number of ether oxygens (including phenoxy) is 4. The Balaban J connectivity index is 1.90. The van der Waals surface area contributed by atoms with E-state index in [-0.39, 0.29) is 43.9 Å². The van der Waals surface area contributed by atoms with Crippen LogP contribution in [0.3, 0.4) is 0 Å². The number of hydrogen-bond donors (Lipinski definition) is 0. The van der Waals surface area contributed by atoms with Gasteiger partial charge in [0.05, 0.1) is 12.1 Å². The van der Waals surface area contributed by atoms with Crippen LogP contribution in [0.5, 0.6) is 0 Å². The average molecular weight is 663 g/mol. The lowest BCUT2D eigenvalue weighted by molar-refractivity contribution is -0.188. The highest BCUT2D eigenvalue weighted by Crippen LogP contribution is 2.38. The summed E-state index contributed by atoms with van der Waals surface area (Å²) in [4.78, 5) is 19.0. The second-order valence-corrected chi connectivity index (χ2v) is 28.3. The van der Waals surface area contributed by atoms with Crippen molar-refractivity contribution >= 4 is 45.7 Å². The van der Waals surface area contributed by atoms with Crippen molar-refractivity contribution in [3.63, 3.8) is 0 Å². The quantitative estimate of drug-likeness (QED) is 0.0692. The van der Waals surface area contributed by atoms with Crippen LogP contribution in [0.2, 0.25) is 51.4 Å². The Morgan fingerprint density at radius 2 is 1.07 bits per heavy atom. The van der Waals surface area contributed by atoms with Gasteiger partial charge in [0, 0.05) is 42.5 Å². The van der Waals surface area contributed by atoms with Gasteiger partial charge in [-0.1, -0.05) is 39.3 Å². The van der Waals surface area contributed by atoms with Gasteiger partial charge in [-0.15, -0.1) is 0 Å². The van der Waals surface area contributed by atoms with Gasteiger partial charge in [0.15, 0.2) is 0 Å². The molecule has 7 nitrogen and oxygen atoms in total. The molecular weight excluding hydrogens is 601 g/mol. The summed E-state index contributed by atoms with van der Waals surface area (Å²) in [6, 6.07) is 2.34. The molecule has 0 aromatic heterocycles. The molecule has 3 aliphatic rings. The molecule has 4 atom stereocenters. The molecule has 2 saturated carbocycles. The Labute approximate surface area is 268 Å². The molecule has 42 heavy (non-hydrogen) atoms. The lowest BCUT2D eigenvalue weighted by atomic mass is 9.95. The van der Waals surface area contributed by atoms with Gasteiger partial charge >= 0.3 is 6.03 Å². The van der Waals surface area contributed by atoms with Crippen molar-refractivity contribution in [3.05, 3.63) is 0 Å². The first-order valence-electron chi connectivity index (χ1n) is 16.4. The molecule has 0 N–H and O–H groups in total. The number of hydrogen-bond acceptors (Lipinski definition) is 7. The van der Waals surface area contributed by atoms with Crippen LogP contribution in [0, 0.1) is 11.8 Å². The standard InChI is InChI=1S/C31H62N2O5S2Si2/c1-39-17-13-27-29(37-23-35-15-19-41(3,4)5)30(38-24-36-16-20-42(6,7)8)28(14-18-40-2)33(22-26-11-12-26)31(34)32(27)21-25-9-10-25/h25-30H,9-24H2,1-8H3/t27-,28-,29+,30+/m1/s1. The van der Waals surface area contributed by atoms with E-state index < -0.39 is 16.1 Å². The first kappa shape index (κ1) is 36.7. The van der Waals surface area contributed by atoms with Gasteiger partial charge in [0.1, 0.15) is 25.8 Å². The van der Waals surface area contributed by atoms with E-state index in [4.69, 9.17) is 18.9 Å². The number of carbonyl (C=O) groups is 1. The van der Waals surface area contributed by atoms with Gasteiger partial charge in [-0.2, -0.15) is 23.5 Å². The topological polar surface area (TPSA) is 60.5 Å². The lowest BCUT2D eigenvalue weighted by Gasteiger charge is -2.38. The summed E-state index contributed by atoms with van der Waals surface area (Å²) in [7, 11) is -2.40. The minimum absolute atomic E-state index is 0.0425. The molecular formula is C31H62N2O5S2Si2. The molecule has 3 fully saturated rings. The fraction of sp³-hybridized carbons (Fsp3) is 0.968. The van der Waals surface area contributed by atoms with E-state index in [1.54, 1.807) is 0 Å². The van der Waals surface area contributed by atoms with E-state index in [0.29, 0.717) is 11.8 Å². The van der Waals surface area contributed by atoms with Crippen molar-refractivity contribution in [2.45, 2.75) is 114 Å². The van der Waals surface area contributed by atoms with E-state index in [9.17, 15) is 4.79 Å². The van der Waals surface area contributed by atoms with Crippen molar-refractivity contribution in [1.82, 2.24) is 9.80 Å². The largest absolute Gasteiger partial charge is 0.356 e. The number of nitrogens with zero attached hydrogens (tertiary/aromatic N) is 2. The van der Waals surface area contributed by atoms with E-state index in [1.165, 1.54) is 25.7 Å². The van der Waals surface area contributed by atoms with Crippen molar-refractivity contribution in [3.8, 4) is 0 Å². The molecule has 0 aromatic carbocycles. The summed E-state index contributed by atoms with van der Waals surface area (Å²) in [5.74, 6) is 3.17. The number of thioether (sulfide) groups is 2. The number of amides is 2. The van der Waals surface area contributed by atoms with E-state index in [2.05, 4.69) is 61.6 Å². The van der Waals surface area contributed by atoms with Gasteiger partial charge < -0.3 is 28.7 Å². The zero-order valence-electron chi connectivity index (χ0n) is 28.0. The van der Waals surface area contributed by atoms with Crippen LogP contribution in [0.4, 0.5) is 4.79 Å². The Morgan fingerprint density at radius 3 is 1.38 bits per heavy atom. The molecule has 0 unspecified atom stereocenters. The minimum Gasteiger partial charge on any atom is -0.356 e. The van der Waals surface area contributed by atoms with Gasteiger partial charge in [-0.05, 0) is 86.5 Å². The normalized spacial score (nSPS) is 25.8. The summed E-state index contributed by atoms with van der Waals surface area (Å²) >= 11 is 3.68. The second-order valence-electron chi connectivity index (χ2n) is 15.1. The van der Waals surface area contributed by atoms with Gasteiger partial charge in [-0.25, -0.2) is 4.79 Å². The Morgan fingerprint density at radius 1 is 0.690 bits per heavy atom. The highest BCUT2D eigenvalue weighted by Gasteiger charge is 2.50. The molecule has 3 rings (SSSR count). The number of rotatable bonds is 22. The van der Waals surface area contributed by atoms with E-state index >= 15 is 0 Å². The fourth-order valence-electron chi connectivity index (χ4n) is 5.48. The zero-order valence-corrected chi connectivity index (χ0v) is 31.7. The predicted octanol–water partition coefficient (Wildman–Crippen LogP) is 7.18. The van der Waals surface area contributed by atoms with Crippen LogP contribution < -0.4 is 0 Å². The summed E-state index contributed by atoms with van der Waals surface area (Å²) in [5.41, 5.74) is 0. The maximum atomic E-state index is 14.6. The molecule has 0 spiro atoms. The van der Waals surface area contributed by atoms with Crippen LogP contribution >= 0.6 is 23.5 Å². The Hall–Kier alpha value is 0.244. The van der Waals surface area contributed by atoms with Crippen LogP contribution in [-0.2, 0) is 18.9 Å². The monoisotopic (exact) mass is 662 g/mol. The first-order chi connectivity index (χ1) is 19.9. The molecule has 1 aliphatic heterocycles. The highest BCUT2D eigenvalue weighted by atomic mass is 32.2. The predicted molar refractivity (Wildman–Crippen MR) is 186 cm³/mol. The zero-order chi connectivity index (χ0) is 30.8. The van der Waals surface area contributed by atoms with E-state index in [1.807, 2.05) is 23.5 Å². The minimum atomic E-state index is -1.20. The van der Waals surface area contributed by atoms with Crippen molar-refractivity contribution in [2.75, 3.05) is 63.9 Å². The summed E-state index contributed by atoms with van der Waals surface area (Å²) in [6.45, 7) is 17.8. The number of carbonyl (C=O) groups excluding carboxylic acids is 1. The SMILES string of the molecule is CSCC[C@@H]1[C@H](OCOCC[Si](C)(C)C)[C@@H](OCOCC[Si](C)(C)C)[C@@H](CCSC)N(CC2CC2)C(=O)N1CC1CC1. The van der Waals surface area contributed by atoms with Crippen molar-refractivity contribution in [2.24, 2.45) is 11.8 Å². The van der Waals surface area contributed by atoms with Crippen molar-refractivity contribution in [1.29, 1.82) is 0 Å². The molecule has 0 bridgehead atoms. The second kappa shape index (κ2) is 17.8. The Kier molecular flexibility index (Phi) is 15.6. The van der Waals surface area contributed by atoms with Crippen LogP contribution in [-0.4, -0.2) is 120 Å². The summed E-state index contributed by atoms with van der Waals surface area (Å²) in [6.07, 6.45) is 10.4.